The van der Waals surface area contributed by atoms with Crippen LogP contribution in [0.3, 0.4) is 0 Å². The Labute approximate surface area is 125 Å². The Hall–Kier alpha value is 1.91. The molecular formula is C10H27AlI2N2. The Kier molecular flexibility index (Phi) is 20.4. The number of rotatable bonds is 7. The first-order chi connectivity index (χ1) is 7.17. The van der Waals surface area contributed by atoms with Crippen LogP contribution in [-0.4, -0.2) is 27.4 Å². The van der Waals surface area contributed by atoms with E-state index in [1.807, 2.05) is 0 Å². The summed E-state index contributed by atoms with van der Waals surface area (Å²) in [5, 5.41) is 2.82. The third-order valence-corrected chi connectivity index (χ3v) is 9.84. The molecule has 2 nitrogen and oxygen atoms in total. The SMILES string of the molecule is CCCC[IH]N.CC[N](I)[Al]([CH2]C)[CH2]C. The summed E-state index contributed by atoms with van der Waals surface area (Å²) in [6.07, 6.45) is 2.65. The van der Waals surface area contributed by atoms with Crippen molar-refractivity contribution in [2.24, 2.45) is 3.95 Å². The summed E-state index contributed by atoms with van der Waals surface area (Å²) in [4.78, 5) is 0. The zero-order valence-electron chi connectivity index (χ0n) is 10.6. The second-order valence-corrected chi connectivity index (χ2v) is 11.4. The number of unbranched alkanes of at least 4 members (excludes halogenated alkanes) is 1. The average Bonchev–Trinajstić information content (AvgIpc) is 2.28. The summed E-state index contributed by atoms with van der Waals surface area (Å²) in [5.74, 6) is 0. The fourth-order valence-electron chi connectivity index (χ4n) is 1.17. The molecule has 0 saturated carbocycles. The van der Waals surface area contributed by atoms with Crippen LogP contribution >= 0.6 is 44.3 Å². The van der Waals surface area contributed by atoms with E-state index in [1.54, 1.807) is 0 Å². The van der Waals surface area contributed by atoms with Crippen LogP contribution in [0.5, 0.6) is 0 Å². The van der Waals surface area contributed by atoms with Gasteiger partial charge in [-0.2, -0.15) is 0 Å². The van der Waals surface area contributed by atoms with Gasteiger partial charge in [0.05, 0.1) is 0 Å². The van der Waals surface area contributed by atoms with Gasteiger partial charge in [-0.25, -0.2) is 0 Å². The van der Waals surface area contributed by atoms with E-state index in [-0.39, 0.29) is 21.5 Å². The van der Waals surface area contributed by atoms with Gasteiger partial charge in [0, 0.05) is 0 Å². The second-order valence-electron chi connectivity index (χ2n) is 3.41. The minimum atomic E-state index is -0.466. The smallest absolute Gasteiger partial charge is 0.328 e. The van der Waals surface area contributed by atoms with Gasteiger partial charge in [0.25, 0.3) is 0 Å². The van der Waals surface area contributed by atoms with E-state index < -0.39 is 14.4 Å². The van der Waals surface area contributed by atoms with Crippen LogP contribution < -0.4 is 3.95 Å². The van der Waals surface area contributed by atoms with Gasteiger partial charge >= 0.3 is 64.0 Å². The summed E-state index contributed by atoms with van der Waals surface area (Å²) in [6.45, 7) is 10.3. The van der Waals surface area contributed by atoms with E-state index >= 15 is 0 Å². The van der Waals surface area contributed by atoms with Crippen molar-refractivity contribution >= 4 is 58.7 Å². The molecule has 15 heavy (non-hydrogen) atoms. The molecule has 0 bridgehead atoms. The first-order valence-electron chi connectivity index (χ1n) is 5.91. The molecule has 0 fully saturated rings. The van der Waals surface area contributed by atoms with Gasteiger partial charge in [0.15, 0.2) is 0 Å². The van der Waals surface area contributed by atoms with Crippen LogP contribution in [-0.2, 0) is 0 Å². The van der Waals surface area contributed by atoms with E-state index in [4.69, 9.17) is 3.95 Å². The zero-order chi connectivity index (χ0) is 12.1. The van der Waals surface area contributed by atoms with E-state index in [9.17, 15) is 0 Å². The summed E-state index contributed by atoms with van der Waals surface area (Å²) in [7, 11) is 0. The molecule has 94 valence electrons. The van der Waals surface area contributed by atoms with Crippen molar-refractivity contribution in [2.45, 2.75) is 51.1 Å². The third kappa shape index (κ3) is 13.8. The summed E-state index contributed by atoms with van der Waals surface area (Å²) in [6, 6.07) is 0. The number of nitrogens with two attached hydrogens (primary N) is 1. The molecule has 0 atom stereocenters. The van der Waals surface area contributed by atoms with E-state index in [0.29, 0.717) is 0 Å². The molecule has 0 rings (SSSR count). The van der Waals surface area contributed by atoms with E-state index in [0.717, 1.165) is 0 Å². The predicted octanol–water partition coefficient (Wildman–Crippen LogP) is 4.05. The van der Waals surface area contributed by atoms with Crippen molar-refractivity contribution in [1.82, 2.24) is 2.10 Å². The normalized spacial score (nSPS) is 10.1. The second kappa shape index (κ2) is 15.9. The zero-order valence-corrected chi connectivity index (χ0v) is 16.3. The van der Waals surface area contributed by atoms with Crippen molar-refractivity contribution < 1.29 is 0 Å². The minimum absolute atomic E-state index is 0.0361. The molecule has 0 aliphatic rings. The molecule has 0 aromatic heterocycles. The number of alkyl halides is 1. The molecule has 5 heteroatoms. The fraction of sp³-hybridized carbons (Fsp3) is 1.00. The Morgan fingerprint density at radius 2 is 1.73 bits per heavy atom. The van der Waals surface area contributed by atoms with E-state index in [1.165, 1.54) is 34.4 Å². The van der Waals surface area contributed by atoms with Crippen LogP contribution in [0.1, 0.15) is 40.5 Å². The third-order valence-electron chi connectivity index (χ3n) is 2.26. The van der Waals surface area contributed by atoms with Crippen LogP contribution in [0.2, 0.25) is 10.6 Å². The molecule has 0 radical (unpaired) electrons. The van der Waals surface area contributed by atoms with Gasteiger partial charge in [-0.1, -0.05) is 31.3 Å². The van der Waals surface area contributed by atoms with Crippen LogP contribution in [0, 0.1) is 0 Å². The Morgan fingerprint density at radius 1 is 1.20 bits per heavy atom. The molecular weight excluding hydrogens is 429 g/mol. The van der Waals surface area contributed by atoms with Gasteiger partial charge in [0.2, 0.25) is 0 Å². The molecule has 0 spiro atoms. The number of hydrogen-bond acceptors (Lipinski definition) is 2. The minimum Gasteiger partial charge on any atom is -0.328 e. The molecule has 0 aromatic rings. The summed E-state index contributed by atoms with van der Waals surface area (Å²) >= 11 is 1.96. The Morgan fingerprint density at radius 3 is 1.87 bits per heavy atom. The predicted molar refractivity (Wildman–Crippen MR) is 92.5 cm³/mol. The molecule has 0 aromatic carbocycles. The molecule has 0 saturated heterocycles. The summed E-state index contributed by atoms with van der Waals surface area (Å²) < 4.78 is 9.18. The monoisotopic (exact) mass is 456 g/mol. The maximum atomic E-state index is 5.34. The van der Waals surface area contributed by atoms with Crippen molar-refractivity contribution in [3.8, 4) is 0 Å². The topological polar surface area (TPSA) is 29.3 Å². The number of nitrogens with zero attached hydrogens (tertiary/aromatic N) is 1. The van der Waals surface area contributed by atoms with Crippen molar-refractivity contribution in [1.29, 1.82) is 0 Å². The van der Waals surface area contributed by atoms with Crippen molar-refractivity contribution in [2.75, 3.05) is 11.0 Å². The van der Waals surface area contributed by atoms with Gasteiger partial charge in [-0.15, -0.1) is 0 Å². The van der Waals surface area contributed by atoms with Crippen molar-refractivity contribution in [3.05, 3.63) is 0 Å². The van der Waals surface area contributed by atoms with Crippen LogP contribution in [0.4, 0.5) is 0 Å². The molecule has 0 unspecified atom stereocenters. The number of hydrogen-bond donors (Lipinski definition) is 1. The Bertz CT molecular complexity index is 110. The molecule has 0 aliphatic heterocycles. The molecule has 0 aliphatic carbocycles. The maximum absolute atomic E-state index is 5.34. The fourth-order valence-corrected chi connectivity index (χ4v) is 6.72. The van der Waals surface area contributed by atoms with Crippen molar-refractivity contribution in [3.63, 3.8) is 0 Å². The molecule has 2 N–H and O–H groups in total. The Balaban J connectivity index is 0. The van der Waals surface area contributed by atoms with Gasteiger partial charge in [-0.3, -0.25) is 0 Å². The standard InChI is InChI=1S/C4H12IN.C2H5IN.2C2H5.Al/c1-2-3-4-5-6;1-2-4-3;2*1-2;/h5H,2-4,6H2,1H3;2H2,1H3;2*1H2,2H3;/q;-1;;;+1. The molecule has 0 amide bonds. The van der Waals surface area contributed by atoms with Crippen LogP contribution in [0.15, 0.2) is 0 Å². The first-order valence-corrected chi connectivity index (χ1v) is 12.0. The van der Waals surface area contributed by atoms with Gasteiger partial charge < -0.3 is 2.10 Å². The quantitative estimate of drug-likeness (QED) is 0.206. The van der Waals surface area contributed by atoms with Gasteiger partial charge in [0.1, 0.15) is 0 Å². The summed E-state index contributed by atoms with van der Waals surface area (Å²) in [5.41, 5.74) is 0. The van der Waals surface area contributed by atoms with E-state index in [2.05, 4.69) is 52.7 Å². The van der Waals surface area contributed by atoms with Crippen LogP contribution in [0.25, 0.3) is 0 Å². The first kappa shape index (κ1) is 19.3. The maximum Gasteiger partial charge on any atom is 0.383 e. The largest absolute Gasteiger partial charge is 0.383 e. The molecule has 0 heterocycles. The number of halogens is 2. The van der Waals surface area contributed by atoms with Gasteiger partial charge in [-0.05, 0) is 29.4 Å². The average molecular weight is 456 g/mol.